The first kappa shape index (κ1) is 15.8. The predicted molar refractivity (Wildman–Crippen MR) is 88.1 cm³/mol. The zero-order chi connectivity index (χ0) is 16.4. The van der Waals surface area contributed by atoms with E-state index in [1.807, 2.05) is 26.0 Å². The molecule has 1 saturated heterocycles. The van der Waals surface area contributed by atoms with Crippen molar-refractivity contribution in [3.63, 3.8) is 0 Å². The van der Waals surface area contributed by atoms with Crippen molar-refractivity contribution in [2.24, 2.45) is 5.92 Å². The molecule has 2 aromatic heterocycles. The van der Waals surface area contributed by atoms with Crippen molar-refractivity contribution < 1.29 is 9.21 Å². The minimum atomic E-state index is -0.0105. The lowest BCUT2D eigenvalue weighted by Gasteiger charge is -2.36. The number of anilines is 1. The molecule has 6 heteroatoms. The first-order valence-corrected chi connectivity index (χ1v) is 8.13. The number of aromatic amines is 1. The molecular formula is C17H24N4O2. The van der Waals surface area contributed by atoms with Crippen molar-refractivity contribution in [1.29, 1.82) is 0 Å². The Morgan fingerprint density at radius 1 is 1.52 bits per heavy atom. The number of carbonyl (C=O) groups excluding carboxylic acids is 1. The molecule has 124 valence electrons. The number of likely N-dealkylation sites (tertiary alicyclic amines) is 1. The van der Waals surface area contributed by atoms with Gasteiger partial charge in [-0.25, -0.2) is 0 Å². The Labute approximate surface area is 136 Å². The van der Waals surface area contributed by atoms with Crippen molar-refractivity contribution in [3.8, 4) is 0 Å². The molecule has 23 heavy (non-hydrogen) atoms. The second-order valence-electron chi connectivity index (χ2n) is 6.49. The maximum Gasteiger partial charge on any atom is 0.238 e. The van der Waals surface area contributed by atoms with Crippen LogP contribution in [0.25, 0.3) is 0 Å². The van der Waals surface area contributed by atoms with Crippen molar-refractivity contribution >= 4 is 11.6 Å². The third kappa shape index (κ3) is 3.47. The number of carbonyl (C=O) groups is 1. The Morgan fingerprint density at radius 2 is 2.35 bits per heavy atom. The van der Waals surface area contributed by atoms with E-state index in [9.17, 15) is 4.79 Å². The van der Waals surface area contributed by atoms with Gasteiger partial charge in [0, 0.05) is 0 Å². The molecule has 0 bridgehead atoms. The summed E-state index contributed by atoms with van der Waals surface area (Å²) in [5, 5.41) is 9.98. The first-order valence-electron chi connectivity index (χ1n) is 8.13. The van der Waals surface area contributed by atoms with Crippen molar-refractivity contribution in [1.82, 2.24) is 15.1 Å². The van der Waals surface area contributed by atoms with Crippen LogP contribution in [0, 0.1) is 19.8 Å². The summed E-state index contributed by atoms with van der Waals surface area (Å²) in [7, 11) is 0. The Morgan fingerprint density at radius 3 is 3.00 bits per heavy atom. The van der Waals surface area contributed by atoms with Crippen molar-refractivity contribution in [2.45, 2.75) is 39.7 Å². The molecule has 0 aliphatic carbocycles. The number of hydrogen-bond acceptors (Lipinski definition) is 4. The van der Waals surface area contributed by atoms with Gasteiger partial charge in [-0.3, -0.25) is 14.8 Å². The average Bonchev–Trinajstić information content (AvgIpc) is 3.15. The standard InChI is InChI=1S/C17H24N4O2/c1-11-6-7-21(14(9-11)15-5-4-8-23-15)10-16(22)18-17-12(2)19-20-13(17)3/h4-5,8,11,14H,6-7,9-10H2,1-3H3,(H,18,22)(H,19,20). The summed E-state index contributed by atoms with van der Waals surface area (Å²) in [6.45, 7) is 7.31. The summed E-state index contributed by atoms with van der Waals surface area (Å²) in [6, 6.07) is 4.08. The van der Waals surface area contributed by atoms with E-state index in [0.29, 0.717) is 12.5 Å². The Hall–Kier alpha value is -2.08. The number of rotatable bonds is 4. The summed E-state index contributed by atoms with van der Waals surface area (Å²) in [5.41, 5.74) is 2.48. The molecule has 1 amide bonds. The van der Waals surface area contributed by atoms with Crippen LogP contribution in [0.15, 0.2) is 22.8 Å². The minimum Gasteiger partial charge on any atom is -0.468 e. The first-order chi connectivity index (χ1) is 11.0. The van der Waals surface area contributed by atoms with Gasteiger partial charge in [0.2, 0.25) is 5.91 Å². The fourth-order valence-corrected chi connectivity index (χ4v) is 3.25. The second-order valence-corrected chi connectivity index (χ2v) is 6.49. The fraction of sp³-hybridized carbons (Fsp3) is 0.529. The topological polar surface area (TPSA) is 74.2 Å². The van der Waals surface area contributed by atoms with Crippen LogP contribution in [0.3, 0.4) is 0 Å². The number of furan rings is 1. The number of aryl methyl sites for hydroxylation is 2. The number of hydrogen-bond donors (Lipinski definition) is 2. The quantitative estimate of drug-likeness (QED) is 0.909. The molecule has 0 radical (unpaired) electrons. The number of piperidine rings is 1. The zero-order valence-electron chi connectivity index (χ0n) is 13.9. The average molecular weight is 316 g/mol. The molecule has 1 aliphatic rings. The summed E-state index contributed by atoms with van der Waals surface area (Å²) in [5.74, 6) is 1.58. The monoisotopic (exact) mass is 316 g/mol. The lowest BCUT2D eigenvalue weighted by Crippen LogP contribution is -2.41. The molecule has 1 aliphatic heterocycles. The van der Waals surface area contributed by atoms with E-state index in [4.69, 9.17) is 4.42 Å². The lowest BCUT2D eigenvalue weighted by molar-refractivity contribution is -0.118. The summed E-state index contributed by atoms with van der Waals surface area (Å²) >= 11 is 0. The highest BCUT2D eigenvalue weighted by Gasteiger charge is 2.30. The largest absolute Gasteiger partial charge is 0.468 e. The SMILES string of the molecule is Cc1n[nH]c(C)c1NC(=O)CN1CCC(C)CC1c1ccco1. The van der Waals surface area contributed by atoms with Crippen LogP contribution in [-0.4, -0.2) is 34.1 Å². The second kappa shape index (κ2) is 6.58. The van der Waals surface area contributed by atoms with Gasteiger partial charge in [0.25, 0.3) is 0 Å². The fourth-order valence-electron chi connectivity index (χ4n) is 3.25. The number of aromatic nitrogens is 2. The van der Waals surface area contributed by atoms with Crippen LogP contribution in [0.1, 0.15) is 43.0 Å². The summed E-state index contributed by atoms with van der Waals surface area (Å²) in [6.07, 6.45) is 3.82. The van der Waals surface area contributed by atoms with E-state index in [0.717, 1.165) is 42.2 Å². The maximum absolute atomic E-state index is 12.5. The Kier molecular flexibility index (Phi) is 4.52. The number of nitrogens with zero attached hydrogens (tertiary/aromatic N) is 2. The van der Waals surface area contributed by atoms with Crippen LogP contribution in [-0.2, 0) is 4.79 Å². The van der Waals surface area contributed by atoms with Gasteiger partial charge < -0.3 is 9.73 Å². The molecule has 0 aromatic carbocycles. The van der Waals surface area contributed by atoms with Gasteiger partial charge in [0.15, 0.2) is 0 Å². The van der Waals surface area contributed by atoms with E-state index >= 15 is 0 Å². The van der Waals surface area contributed by atoms with Gasteiger partial charge in [-0.2, -0.15) is 5.10 Å². The van der Waals surface area contributed by atoms with Gasteiger partial charge in [0.05, 0.1) is 35.9 Å². The van der Waals surface area contributed by atoms with Crippen molar-refractivity contribution in [3.05, 3.63) is 35.5 Å². The highest BCUT2D eigenvalue weighted by atomic mass is 16.3. The molecule has 6 nitrogen and oxygen atoms in total. The van der Waals surface area contributed by atoms with Gasteiger partial charge >= 0.3 is 0 Å². The van der Waals surface area contributed by atoms with Crippen molar-refractivity contribution in [2.75, 3.05) is 18.4 Å². The molecule has 2 aromatic rings. The lowest BCUT2D eigenvalue weighted by atomic mass is 9.91. The third-order valence-electron chi connectivity index (χ3n) is 4.59. The smallest absolute Gasteiger partial charge is 0.238 e. The van der Waals surface area contributed by atoms with Crippen LogP contribution in [0.2, 0.25) is 0 Å². The highest BCUT2D eigenvalue weighted by molar-refractivity contribution is 5.93. The van der Waals surface area contributed by atoms with Crippen LogP contribution in [0.5, 0.6) is 0 Å². The molecule has 3 rings (SSSR count). The number of nitrogens with one attached hydrogen (secondary N) is 2. The van der Waals surface area contributed by atoms with E-state index in [2.05, 4.69) is 27.3 Å². The Balaban J connectivity index is 1.68. The number of H-pyrrole nitrogens is 1. The van der Waals surface area contributed by atoms with Gasteiger partial charge in [-0.05, 0) is 51.3 Å². The van der Waals surface area contributed by atoms with Gasteiger partial charge in [0.1, 0.15) is 5.76 Å². The van der Waals surface area contributed by atoms with Crippen LogP contribution in [0.4, 0.5) is 5.69 Å². The summed E-state index contributed by atoms with van der Waals surface area (Å²) < 4.78 is 5.59. The normalized spacial score (nSPS) is 22.2. The minimum absolute atomic E-state index is 0.0105. The molecule has 2 atom stereocenters. The van der Waals surface area contributed by atoms with Gasteiger partial charge in [-0.1, -0.05) is 6.92 Å². The van der Waals surface area contributed by atoms with E-state index in [1.165, 1.54) is 0 Å². The summed E-state index contributed by atoms with van der Waals surface area (Å²) in [4.78, 5) is 14.7. The van der Waals surface area contributed by atoms with Gasteiger partial charge in [-0.15, -0.1) is 0 Å². The third-order valence-corrected chi connectivity index (χ3v) is 4.59. The van der Waals surface area contributed by atoms with E-state index in [-0.39, 0.29) is 11.9 Å². The molecule has 1 fully saturated rings. The predicted octanol–water partition coefficient (Wildman–Crippen LogP) is 3.03. The van der Waals surface area contributed by atoms with E-state index < -0.39 is 0 Å². The van der Waals surface area contributed by atoms with E-state index in [1.54, 1.807) is 6.26 Å². The molecule has 2 N–H and O–H groups in total. The molecule has 2 unspecified atom stereocenters. The molecular weight excluding hydrogens is 292 g/mol. The Bertz CT molecular complexity index is 643. The maximum atomic E-state index is 12.5. The van der Waals surface area contributed by atoms with Crippen LogP contribution < -0.4 is 5.32 Å². The molecule has 0 saturated carbocycles. The molecule has 3 heterocycles. The zero-order valence-corrected chi connectivity index (χ0v) is 13.9. The highest BCUT2D eigenvalue weighted by Crippen LogP contribution is 2.34. The number of amides is 1. The van der Waals surface area contributed by atoms with Crippen LogP contribution >= 0.6 is 0 Å². The molecule has 0 spiro atoms.